The molecule has 104 valence electrons. The molecule has 0 aromatic carbocycles. The summed E-state index contributed by atoms with van der Waals surface area (Å²) >= 11 is 0. The zero-order valence-electron chi connectivity index (χ0n) is 10.1. The maximum absolute atomic E-state index is 12.5. The summed E-state index contributed by atoms with van der Waals surface area (Å²) in [5.74, 6) is 0.993. The van der Waals surface area contributed by atoms with Crippen molar-refractivity contribution in [2.75, 3.05) is 26.2 Å². The number of halogens is 3. The van der Waals surface area contributed by atoms with E-state index in [-0.39, 0.29) is 19.7 Å². The molecule has 1 aromatic heterocycles. The maximum Gasteiger partial charge on any atom is 0.401 e. The second-order valence-electron chi connectivity index (χ2n) is 4.01. The number of aliphatic hydroxyl groups excluding tert-OH is 1. The molecule has 1 atom stereocenters. The van der Waals surface area contributed by atoms with Gasteiger partial charge >= 0.3 is 6.18 Å². The van der Waals surface area contributed by atoms with Crippen LogP contribution in [0.4, 0.5) is 13.2 Å². The van der Waals surface area contributed by atoms with E-state index in [0.29, 0.717) is 11.5 Å². The molecule has 1 aromatic rings. The van der Waals surface area contributed by atoms with Gasteiger partial charge in [-0.2, -0.15) is 13.2 Å². The van der Waals surface area contributed by atoms with Crippen LogP contribution in [0.25, 0.3) is 0 Å². The number of nitrogens with two attached hydrogens (primary N) is 1. The highest BCUT2D eigenvalue weighted by atomic mass is 19.4. The number of alkyl halides is 3. The van der Waals surface area contributed by atoms with E-state index in [9.17, 15) is 13.2 Å². The van der Waals surface area contributed by atoms with Gasteiger partial charge in [-0.25, -0.2) is 0 Å². The summed E-state index contributed by atoms with van der Waals surface area (Å²) in [6, 6.07) is 2.59. The molecule has 18 heavy (non-hydrogen) atoms. The Morgan fingerprint density at radius 1 is 1.44 bits per heavy atom. The third-order valence-electron chi connectivity index (χ3n) is 2.52. The Kier molecular flexibility index (Phi) is 5.18. The minimum Gasteiger partial charge on any atom is -0.465 e. The fourth-order valence-corrected chi connectivity index (χ4v) is 1.78. The molecule has 0 saturated carbocycles. The smallest absolute Gasteiger partial charge is 0.401 e. The van der Waals surface area contributed by atoms with Gasteiger partial charge in [0.05, 0.1) is 19.2 Å². The van der Waals surface area contributed by atoms with Crippen molar-refractivity contribution >= 4 is 0 Å². The van der Waals surface area contributed by atoms with E-state index < -0.39 is 18.8 Å². The van der Waals surface area contributed by atoms with E-state index in [1.165, 1.54) is 0 Å². The molecule has 1 rings (SSSR count). The Hall–Kier alpha value is -1.05. The van der Waals surface area contributed by atoms with E-state index in [1.54, 1.807) is 19.1 Å². The lowest BCUT2D eigenvalue weighted by Crippen LogP contribution is -2.41. The number of hydrogen-bond acceptors (Lipinski definition) is 4. The third kappa shape index (κ3) is 4.32. The van der Waals surface area contributed by atoms with Gasteiger partial charge < -0.3 is 15.3 Å². The molecular weight excluding hydrogens is 249 g/mol. The van der Waals surface area contributed by atoms with Crippen molar-refractivity contribution in [1.29, 1.82) is 0 Å². The lowest BCUT2D eigenvalue weighted by Gasteiger charge is -2.29. The van der Waals surface area contributed by atoms with Crippen molar-refractivity contribution < 1.29 is 22.7 Å². The first kappa shape index (κ1) is 15.0. The predicted molar refractivity (Wildman–Crippen MR) is 60.0 cm³/mol. The van der Waals surface area contributed by atoms with Crippen LogP contribution in [0.3, 0.4) is 0 Å². The fraction of sp³-hybridized carbons (Fsp3) is 0.636. The van der Waals surface area contributed by atoms with Crippen molar-refractivity contribution in [3.8, 4) is 0 Å². The monoisotopic (exact) mass is 266 g/mol. The minimum atomic E-state index is -4.34. The van der Waals surface area contributed by atoms with E-state index in [4.69, 9.17) is 15.3 Å². The van der Waals surface area contributed by atoms with E-state index in [2.05, 4.69) is 0 Å². The standard InChI is InChI=1S/C11H17F3N2O2/c1-8-2-3-10(18-8)9(6-15)16(4-5-17)7-11(12,13)14/h2-3,9,17H,4-7,15H2,1H3. The molecule has 0 bridgehead atoms. The Labute approximate surface area is 103 Å². The zero-order valence-corrected chi connectivity index (χ0v) is 10.1. The zero-order chi connectivity index (χ0) is 13.8. The normalized spacial score (nSPS) is 14.2. The molecule has 0 aliphatic heterocycles. The molecular formula is C11H17F3N2O2. The molecule has 0 radical (unpaired) electrons. The molecule has 0 amide bonds. The molecule has 0 fully saturated rings. The van der Waals surface area contributed by atoms with Gasteiger partial charge in [-0.05, 0) is 19.1 Å². The van der Waals surface area contributed by atoms with Crippen LogP contribution < -0.4 is 5.73 Å². The van der Waals surface area contributed by atoms with Crippen LogP contribution in [0, 0.1) is 6.92 Å². The van der Waals surface area contributed by atoms with Gasteiger partial charge in [0.25, 0.3) is 0 Å². The molecule has 0 aliphatic carbocycles. The third-order valence-corrected chi connectivity index (χ3v) is 2.52. The highest BCUT2D eigenvalue weighted by Crippen LogP contribution is 2.26. The molecule has 1 unspecified atom stereocenters. The topological polar surface area (TPSA) is 62.6 Å². The quantitative estimate of drug-likeness (QED) is 0.818. The lowest BCUT2D eigenvalue weighted by atomic mass is 10.2. The van der Waals surface area contributed by atoms with Gasteiger partial charge in [0.1, 0.15) is 11.5 Å². The molecule has 4 nitrogen and oxygen atoms in total. The first-order chi connectivity index (χ1) is 8.37. The van der Waals surface area contributed by atoms with Crippen LogP contribution in [0.5, 0.6) is 0 Å². The van der Waals surface area contributed by atoms with Crippen LogP contribution in [0.15, 0.2) is 16.5 Å². The first-order valence-corrected chi connectivity index (χ1v) is 5.55. The average Bonchev–Trinajstić information content (AvgIpc) is 2.64. The van der Waals surface area contributed by atoms with Gasteiger partial charge in [0.15, 0.2) is 0 Å². The number of rotatable bonds is 6. The van der Waals surface area contributed by atoms with Crippen LogP contribution >= 0.6 is 0 Å². The molecule has 0 spiro atoms. The van der Waals surface area contributed by atoms with Crippen molar-refractivity contribution in [3.05, 3.63) is 23.7 Å². The van der Waals surface area contributed by atoms with E-state index in [0.717, 1.165) is 4.90 Å². The van der Waals surface area contributed by atoms with Crippen molar-refractivity contribution in [2.45, 2.75) is 19.1 Å². The summed E-state index contributed by atoms with van der Waals surface area (Å²) in [5, 5.41) is 8.85. The summed E-state index contributed by atoms with van der Waals surface area (Å²) in [4.78, 5) is 1.07. The predicted octanol–water partition coefficient (Wildman–Crippen LogP) is 1.44. The maximum atomic E-state index is 12.5. The van der Waals surface area contributed by atoms with Crippen molar-refractivity contribution in [3.63, 3.8) is 0 Å². The summed E-state index contributed by atoms with van der Waals surface area (Å²) in [5.41, 5.74) is 5.51. The van der Waals surface area contributed by atoms with Gasteiger partial charge in [-0.1, -0.05) is 0 Å². The molecule has 3 N–H and O–H groups in total. The number of hydrogen-bond donors (Lipinski definition) is 2. The van der Waals surface area contributed by atoms with Gasteiger partial charge in [0.2, 0.25) is 0 Å². The molecule has 0 saturated heterocycles. The van der Waals surface area contributed by atoms with Crippen LogP contribution in [-0.2, 0) is 0 Å². The van der Waals surface area contributed by atoms with Crippen molar-refractivity contribution in [2.24, 2.45) is 5.73 Å². The lowest BCUT2D eigenvalue weighted by molar-refractivity contribution is -0.152. The number of furan rings is 1. The Bertz CT molecular complexity index is 365. The van der Waals surface area contributed by atoms with Gasteiger partial charge in [0, 0.05) is 13.1 Å². The van der Waals surface area contributed by atoms with Crippen molar-refractivity contribution in [1.82, 2.24) is 4.90 Å². The molecule has 0 aliphatic rings. The SMILES string of the molecule is Cc1ccc(C(CN)N(CCO)CC(F)(F)F)o1. The molecule has 7 heteroatoms. The molecule has 1 heterocycles. The number of nitrogens with zero attached hydrogens (tertiary/aromatic N) is 1. The summed E-state index contributed by atoms with van der Waals surface area (Å²) in [6.07, 6.45) is -4.34. The Morgan fingerprint density at radius 3 is 2.50 bits per heavy atom. The summed E-state index contributed by atoms with van der Waals surface area (Å²) < 4.78 is 42.7. The summed E-state index contributed by atoms with van der Waals surface area (Å²) in [6.45, 7) is 0.0861. The van der Waals surface area contributed by atoms with Crippen LogP contribution in [-0.4, -0.2) is 42.4 Å². The Morgan fingerprint density at radius 2 is 2.11 bits per heavy atom. The van der Waals surface area contributed by atoms with Crippen LogP contribution in [0.1, 0.15) is 17.6 Å². The number of aliphatic hydroxyl groups is 1. The van der Waals surface area contributed by atoms with Gasteiger partial charge in [-0.15, -0.1) is 0 Å². The highest BCUT2D eigenvalue weighted by molar-refractivity contribution is 5.10. The van der Waals surface area contributed by atoms with Gasteiger partial charge in [-0.3, -0.25) is 4.90 Å². The summed E-state index contributed by atoms with van der Waals surface area (Å²) in [7, 11) is 0. The minimum absolute atomic E-state index is 0.0109. The van der Waals surface area contributed by atoms with E-state index in [1.807, 2.05) is 0 Å². The van der Waals surface area contributed by atoms with Crippen LogP contribution in [0.2, 0.25) is 0 Å². The second-order valence-corrected chi connectivity index (χ2v) is 4.01. The second kappa shape index (κ2) is 6.21. The number of aryl methyl sites for hydroxylation is 1. The largest absolute Gasteiger partial charge is 0.465 e. The van der Waals surface area contributed by atoms with E-state index >= 15 is 0 Å². The fourth-order valence-electron chi connectivity index (χ4n) is 1.78. The first-order valence-electron chi connectivity index (χ1n) is 5.55. The average molecular weight is 266 g/mol. The highest BCUT2D eigenvalue weighted by Gasteiger charge is 2.34. The Balaban J connectivity index is 2.86.